The highest BCUT2D eigenvalue weighted by Gasteiger charge is 2.47. The molecule has 0 aromatic carbocycles. The summed E-state index contributed by atoms with van der Waals surface area (Å²) in [6.45, 7) is 3.24. The molecule has 8 atom stereocenters. The highest BCUT2D eigenvalue weighted by Crippen LogP contribution is 2.36. The Morgan fingerprint density at radius 3 is 2.42 bits per heavy atom. The van der Waals surface area contributed by atoms with Crippen molar-refractivity contribution in [1.29, 1.82) is 0 Å². The number of carbonyl (C=O) groups is 3. The van der Waals surface area contributed by atoms with Gasteiger partial charge in [-0.15, -0.1) is 6.58 Å². The molecule has 2 aliphatic heterocycles. The normalized spacial score (nSPS) is 30.4. The fourth-order valence-electron chi connectivity index (χ4n) is 4.42. The summed E-state index contributed by atoms with van der Waals surface area (Å²) in [6.07, 6.45) is -0.947. The maximum atomic E-state index is 12.0. The first-order valence-electron chi connectivity index (χ1n) is 12.3. The molecule has 1 aromatic rings. The van der Waals surface area contributed by atoms with E-state index in [-0.39, 0.29) is 30.5 Å². The molecule has 0 saturated carbocycles. The van der Waals surface area contributed by atoms with Crippen LogP contribution in [0.4, 0.5) is 0 Å². The predicted molar refractivity (Wildman–Crippen MR) is 129 cm³/mol. The van der Waals surface area contributed by atoms with Crippen LogP contribution in [0.5, 0.6) is 0 Å². The van der Waals surface area contributed by atoms with Gasteiger partial charge in [-0.05, 0) is 6.07 Å². The molecular weight excluding hydrogens is 534 g/mol. The van der Waals surface area contributed by atoms with Gasteiger partial charge in [-0.2, -0.15) is 0 Å². The predicted octanol–water partition coefficient (Wildman–Crippen LogP) is -2.22. The Morgan fingerprint density at radius 2 is 1.82 bits per heavy atom. The molecule has 1 fully saturated rings. The van der Waals surface area contributed by atoms with Gasteiger partial charge in [0.1, 0.15) is 31.0 Å². The van der Waals surface area contributed by atoms with E-state index in [0.29, 0.717) is 5.56 Å². The molecule has 0 aliphatic carbocycles. The van der Waals surface area contributed by atoms with Crippen molar-refractivity contribution < 1.29 is 68.9 Å². The van der Waals surface area contributed by atoms with Crippen LogP contribution in [-0.4, -0.2) is 92.1 Å². The van der Waals surface area contributed by atoms with Gasteiger partial charge in [0.2, 0.25) is 6.29 Å². The SMILES string of the molecule is C=C[C@H]1[C@H](O[C@@H]2O[C@H](CO)[C@@H](O)[C@H](O)[C@H]2O)OC=C(C(=O)O)[C@H]1/C=C/c1cc(C(=O)[O-])c[n+](CCCC(=O)O)c1. The average Bonchev–Trinajstić information content (AvgIpc) is 2.91. The van der Waals surface area contributed by atoms with E-state index in [4.69, 9.17) is 19.3 Å². The quantitative estimate of drug-likeness (QED) is 0.117. The zero-order chi connectivity index (χ0) is 29.6. The van der Waals surface area contributed by atoms with E-state index in [0.717, 1.165) is 6.26 Å². The van der Waals surface area contributed by atoms with Gasteiger partial charge in [0.25, 0.3) is 0 Å². The molecule has 0 spiro atoms. The summed E-state index contributed by atoms with van der Waals surface area (Å²) in [5.41, 5.74) is -0.0230. The van der Waals surface area contributed by atoms with Gasteiger partial charge < -0.3 is 54.8 Å². The Balaban J connectivity index is 1.88. The number of rotatable bonds is 12. The highest BCUT2D eigenvalue weighted by molar-refractivity contribution is 5.88. The number of nitrogens with zero attached hydrogens (tertiary/aromatic N) is 1. The number of ether oxygens (including phenoxy) is 3. The Hall–Kier alpha value is -3.66. The number of carboxylic acids is 3. The number of pyridine rings is 1. The van der Waals surface area contributed by atoms with Gasteiger partial charge in [-0.25, -0.2) is 9.36 Å². The summed E-state index contributed by atoms with van der Waals surface area (Å²) < 4.78 is 18.0. The van der Waals surface area contributed by atoms with E-state index in [1.54, 1.807) is 6.20 Å². The number of hydrogen-bond acceptors (Lipinski definition) is 11. The number of aromatic nitrogens is 1. The maximum Gasteiger partial charge on any atom is 0.335 e. The topological polar surface area (TPSA) is 227 Å². The van der Waals surface area contributed by atoms with E-state index in [1.165, 1.54) is 35.1 Å². The molecule has 3 rings (SSSR count). The van der Waals surface area contributed by atoms with Gasteiger partial charge >= 0.3 is 11.9 Å². The Kier molecular flexibility index (Phi) is 10.5. The van der Waals surface area contributed by atoms with E-state index < -0.39 is 73.3 Å². The summed E-state index contributed by atoms with van der Waals surface area (Å²) in [5.74, 6) is -5.62. The molecule has 14 nitrogen and oxygen atoms in total. The van der Waals surface area contributed by atoms with E-state index in [9.17, 15) is 45.0 Å². The smallest absolute Gasteiger partial charge is 0.335 e. The molecule has 40 heavy (non-hydrogen) atoms. The van der Waals surface area contributed by atoms with Crippen molar-refractivity contribution >= 4 is 24.0 Å². The first kappa shape index (κ1) is 30.9. The van der Waals surface area contributed by atoms with E-state index in [1.807, 2.05) is 0 Å². The van der Waals surface area contributed by atoms with Crippen LogP contribution in [0.15, 0.2) is 49.0 Å². The number of carboxylic acid groups (broad SMARTS) is 3. The fourth-order valence-corrected chi connectivity index (χ4v) is 4.42. The lowest BCUT2D eigenvalue weighted by Crippen LogP contribution is -2.60. The number of aliphatic hydroxyl groups is 4. The minimum Gasteiger partial charge on any atom is -0.545 e. The van der Waals surface area contributed by atoms with Crippen LogP contribution in [0.1, 0.15) is 28.8 Å². The second kappa shape index (κ2) is 13.6. The van der Waals surface area contributed by atoms with Gasteiger partial charge in [0, 0.05) is 17.9 Å². The molecule has 0 radical (unpaired) electrons. The maximum absolute atomic E-state index is 12.0. The zero-order valence-corrected chi connectivity index (χ0v) is 21.2. The van der Waals surface area contributed by atoms with Crippen LogP contribution >= 0.6 is 0 Å². The van der Waals surface area contributed by atoms with Gasteiger partial charge in [-0.3, -0.25) is 4.79 Å². The van der Waals surface area contributed by atoms with Crippen molar-refractivity contribution in [2.45, 2.75) is 56.4 Å². The van der Waals surface area contributed by atoms with Crippen molar-refractivity contribution in [2.75, 3.05) is 6.61 Å². The van der Waals surface area contributed by atoms with Gasteiger partial charge in [0.05, 0.1) is 42.3 Å². The van der Waals surface area contributed by atoms with Gasteiger partial charge in [-0.1, -0.05) is 18.2 Å². The second-order valence-corrected chi connectivity index (χ2v) is 9.29. The number of allylic oxidation sites excluding steroid dienone is 1. The van der Waals surface area contributed by atoms with Crippen molar-refractivity contribution in [3.05, 3.63) is 60.2 Å². The highest BCUT2D eigenvalue weighted by atomic mass is 16.8. The number of hydrogen-bond donors (Lipinski definition) is 6. The van der Waals surface area contributed by atoms with Crippen molar-refractivity contribution in [2.24, 2.45) is 11.8 Å². The Morgan fingerprint density at radius 1 is 1.10 bits per heavy atom. The number of carbonyl (C=O) groups excluding carboxylic acids is 1. The standard InChI is InChI=1S/C26H31NO13/c1-2-15-16(6-5-13-8-14(23(34)35)10-27(9-13)7-3-4-19(29)30)17(24(36)37)12-38-25(15)40-26-22(33)21(32)20(31)18(11-28)39-26/h2,5-6,8-10,12,15-16,18,20-22,25-26,28,31-33H,1,3-4,7,11H2,(H2-,29,30,34,35,36,37)/b6-5+/t15-,16+,18-,20-,21+,22-,25+,26+/m1/s1. The van der Waals surface area contributed by atoms with Crippen molar-refractivity contribution in [3.63, 3.8) is 0 Å². The third-order valence-corrected chi connectivity index (χ3v) is 6.53. The summed E-state index contributed by atoms with van der Waals surface area (Å²) in [6, 6.07) is 1.30. The van der Waals surface area contributed by atoms with E-state index >= 15 is 0 Å². The third kappa shape index (κ3) is 7.29. The first-order valence-corrected chi connectivity index (χ1v) is 12.3. The minimum atomic E-state index is -1.73. The average molecular weight is 566 g/mol. The fraction of sp³-hybridized carbons (Fsp3) is 0.462. The van der Waals surface area contributed by atoms with E-state index in [2.05, 4.69) is 6.58 Å². The molecule has 0 amide bonds. The van der Waals surface area contributed by atoms with Crippen molar-refractivity contribution in [3.8, 4) is 0 Å². The van der Waals surface area contributed by atoms with Crippen LogP contribution in [0.25, 0.3) is 6.08 Å². The van der Waals surface area contributed by atoms with Crippen LogP contribution in [0.3, 0.4) is 0 Å². The molecule has 3 heterocycles. The van der Waals surface area contributed by atoms with Crippen LogP contribution in [-0.2, 0) is 30.3 Å². The second-order valence-electron chi connectivity index (χ2n) is 9.29. The summed E-state index contributed by atoms with van der Waals surface area (Å²) in [4.78, 5) is 34.3. The van der Waals surface area contributed by atoms with Crippen LogP contribution in [0, 0.1) is 11.8 Å². The molecule has 1 saturated heterocycles. The lowest BCUT2D eigenvalue weighted by molar-refractivity contribution is -0.697. The molecule has 0 bridgehead atoms. The summed E-state index contributed by atoms with van der Waals surface area (Å²) in [5, 5.41) is 69.9. The molecule has 0 unspecified atom stereocenters. The monoisotopic (exact) mass is 565 g/mol. The number of aliphatic hydroxyl groups excluding tert-OH is 4. The molecular formula is C26H31NO13. The third-order valence-electron chi connectivity index (χ3n) is 6.53. The first-order chi connectivity index (χ1) is 19.0. The largest absolute Gasteiger partial charge is 0.545 e. The molecule has 14 heteroatoms. The lowest BCUT2D eigenvalue weighted by atomic mass is 9.83. The number of aliphatic carboxylic acids is 2. The van der Waals surface area contributed by atoms with Crippen LogP contribution in [0.2, 0.25) is 0 Å². The van der Waals surface area contributed by atoms with Gasteiger partial charge in [0.15, 0.2) is 18.7 Å². The molecule has 1 aromatic heterocycles. The van der Waals surface area contributed by atoms with Crippen LogP contribution < -0.4 is 9.67 Å². The summed E-state index contributed by atoms with van der Waals surface area (Å²) >= 11 is 0. The lowest BCUT2D eigenvalue weighted by Gasteiger charge is -2.42. The van der Waals surface area contributed by atoms with Crippen molar-refractivity contribution in [1.82, 2.24) is 0 Å². The summed E-state index contributed by atoms with van der Waals surface area (Å²) in [7, 11) is 0. The number of aryl methyl sites for hydroxylation is 1. The molecule has 218 valence electrons. The number of aromatic carboxylic acids is 1. The minimum absolute atomic E-state index is 0.126. The Labute approximate surface area is 228 Å². The molecule has 6 N–H and O–H groups in total. The zero-order valence-electron chi connectivity index (χ0n) is 21.2. The Bertz CT molecular complexity index is 1160. The molecule has 2 aliphatic rings.